The largest absolute Gasteiger partial charge is 0.496 e. The lowest BCUT2D eigenvalue weighted by Gasteiger charge is -2.35. The molecule has 2 heterocycles. The van der Waals surface area contributed by atoms with Gasteiger partial charge in [-0.05, 0) is 78.7 Å². The van der Waals surface area contributed by atoms with E-state index in [0.29, 0.717) is 57.0 Å². The van der Waals surface area contributed by atoms with Crippen molar-refractivity contribution in [3.05, 3.63) is 120 Å². The average Bonchev–Trinajstić information content (AvgIpc) is 3.20. The molecule has 0 saturated carbocycles. The van der Waals surface area contributed by atoms with Gasteiger partial charge in [0.15, 0.2) is 11.5 Å². The molecule has 56 heavy (non-hydrogen) atoms. The standard InChI is InChI=1S/C40H41F3N6O5S2/c1-3-54-31-9-7-8-28(24-31)29-12-13-30(37(25-29)53-2)27-48-19-21-49(22-20-48)38-17-16-36(45-46-38)39(50)47-56(51,52)33-14-15-35(34(26-33)40(41,42)43)44-18-23-55-32-10-5-4-6-11-32/h4-17,24-26,44H,3,18-23,27H2,1-2H3,(H,47,50). The van der Waals surface area contributed by atoms with Crippen molar-refractivity contribution >= 4 is 39.2 Å². The molecule has 1 aliphatic heterocycles. The summed E-state index contributed by atoms with van der Waals surface area (Å²) in [6.45, 7) is 6.08. The molecule has 11 nitrogen and oxygen atoms in total. The van der Waals surface area contributed by atoms with Gasteiger partial charge >= 0.3 is 6.18 Å². The number of benzene rings is 4. The maximum atomic E-state index is 14.0. The Kier molecular flexibility index (Phi) is 13.0. The number of piperazine rings is 1. The van der Waals surface area contributed by atoms with Crippen molar-refractivity contribution in [1.82, 2.24) is 19.8 Å². The zero-order valence-electron chi connectivity index (χ0n) is 30.8. The summed E-state index contributed by atoms with van der Waals surface area (Å²) in [6.07, 6.45) is -4.85. The summed E-state index contributed by atoms with van der Waals surface area (Å²) in [5.74, 6) is 1.45. The normalized spacial score (nSPS) is 13.6. The Morgan fingerprint density at radius 2 is 1.64 bits per heavy atom. The fourth-order valence-corrected chi connectivity index (χ4v) is 7.94. The maximum absolute atomic E-state index is 14.0. The summed E-state index contributed by atoms with van der Waals surface area (Å²) < 4.78 is 81.3. The smallest absolute Gasteiger partial charge is 0.418 e. The van der Waals surface area contributed by atoms with Gasteiger partial charge in [-0.1, -0.05) is 42.5 Å². The van der Waals surface area contributed by atoms with Gasteiger partial charge in [0, 0.05) is 61.2 Å². The summed E-state index contributed by atoms with van der Waals surface area (Å²) in [4.78, 5) is 17.5. The second-order valence-electron chi connectivity index (χ2n) is 12.8. The third-order valence-corrected chi connectivity index (χ3v) is 11.3. The van der Waals surface area contributed by atoms with Crippen LogP contribution in [0.25, 0.3) is 11.1 Å². The Balaban J connectivity index is 1.03. The number of sulfonamides is 1. The summed E-state index contributed by atoms with van der Waals surface area (Å²) in [6, 6.07) is 28.9. The molecule has 4 aromatic carbocycles. The number of rotatable bonds is 15. The highest BCUT2D eigenvalue weighted by Crippen LogP contribution is 2.37. The van der Waals surface area contributed by atoms with E-state index in [9.17, 15) is 26.4 Å². The summed E-state index contributed by atoms with van der Waals surface area (Å²) in [7, 11) is -3.03. The number of thioether (sulfide) groups is 1. The van der Waals surface area contributed by atoms with Crippen molar-refractivity contribution in [1.29, 1.82) is 0 Å². The number of nitrogens with one attached hydrogen (secondary N) is 2. The molecule has 16 heteroatoms. The number of ether oxygens (including phenoxy) is 2. The highest BCUT2D eigenvalue weighted by molar-refractivity contribution is 7.99. The fourth-order valence-electron chi connectivity index (χ4n) is 6.16. The topological polar surface area (TPSA) is 126 Å². The first kappa shape index (κ1) is 40.3. The predicted molar refractivity (Wildman–Crippen MR) is 211 cm³/mol. The highest BCUT2D eigenvalue weighted by atomic mass is 32.2. The molecule has 2 N–H and O–H groups in total. The van der Waals surface area contributed by atoms with E-state index in [1.807, 2.05) is 77.2 Å². The van der Waals surface area contributed by atoms with E-state index < -0.39 is 32.6 Å². The first-order valence-corrected chi connectivity index (χ1v) is 20.3. The number of carbonyl (C=O) groups is 1. The van der Waals surface area contributed by atoms with E-state index in [4.69, 9.17) is 9.47 Å². The fraction of sp³-hybridized carbons (Fsp3) is 0.275. The lowest BCUT2D eigenvalue weighted by molar-refractivity contribution is -0.137. The van der Waals surface area contributed by atoms with Gasteiger partial charge in [-0.3, -0.25) is 9.69 Å². The molecule has 1 aliphatic rings. The van der Waals surface area contributed by atoms with Gasteiger partial charge in [0.05, 0.1) is 24.2 Å². The Morgan fingerprint density at radius 3 is 2.34 bits per heavy atom. The van der Waals surface area contributed by atoms with Crippen molar-refractivity contribution in [2.24, 2.45) is 0 Å². The monoisotopic (exact) mass is 806 g/mol. The van der Waals surface area contributed by atoms with Gasteiger partial charge in [0.2, 0.25) is 0 Å². The molecule has 5 aromatic rings. The van der Waals surface area contributed by atoms with Gasteiger partial charge in [-0.25, -0.2) is 13.1 Å². The van der Waals surface area contributed by atoms with Gasteiger partial charge in [-0.15, -0.1) is 22.0 Å². The molecule has 294 valence electrons. The van der Waals surface area contributed by atoms with Crippen LogP contribution in [-0.4, -0.2) is 81.6 Å². The molecule has 6 rings (SSSR count). The number of anilines is 2. The second-order valence-corrected chi connectivity index (χ2v) is 15.6. The summed E-state index contributed by atoms with van der Waals surface area (Å²) in [5.41, 5.74) is 1.36. The minimum atomic E-state index is -4.85. The maximum Gasteiger partial charge on any atom is 0.418 e. The number of methoxy groups -OCH3 is 1. The van der Waals surface area contributed by atoms with Crippen LogP contribution >= 0.6 is 11.8 Å². The molecule has 0 atom stereocenters. The SMILES string of the molecule is CCOc1cccc(-c2ccc(CN3CCN(c4ccc(C(=O)NS(=O)(=O)c5ccc(NCCSc6ccccc6)c(C(F)(F)F)c5)nn4)CC3)c(OC)c2)c1. The number of carbonyl (C=O) groups excluding carboxylic acids is 1. The van der Waals surface area contributed by atoms with Gasteiger partial charge in [0.1, 0.15) is 11.5 Å². The lowest BCUT2D eigenvalue weighted by Crippen LogP contribution is -2.46. The van der Waals surface area contributed by atoms with Gasteiger partial charge < -0.3 is 19.7 Å². The van der Waals surface area contributed by atoms with Gasteiger partial charge in [-0.2, -0.15) is 13.2 Å². The molecule has 1 saturated heterocycles. The summed E-state index contributed by atoms with van der Waals surface area (Å²) in [5, 5.41) is 10.8. The van der Waals surface area contributed by atoms with E-state index in [0.717, 1.165) is 45.2 Å². The third-order valence-electron chi connectivity index (χ3n) is 9.00. The number of alkyl halides is 3. The van der Waals surface area contributed by atoms with Crippen LogP contribution in [0.4, 0.5) is 24.7 Å². The number of halogens is 3. The second kappa shape index (κ2) is 18.1. The van der Waals surface area contributed by atoms with Gasteiger partial charge in [0.25, 0.3) is 15.9 Å². The van der Waals surface area contributed by atoms with Crippen LogP contribution in [0.2, 0.25) is 0 Å². The average molecular weight is 807 g/mol. The van der Waals surface area contributed by atoms with E-state index in [1.165, 1.54) is 17.8 Å². The van der Waals surface area contributed by atoms with E-state index in [1.54, 1.807) is 13.2 Å². The van der Waals surface area contributed by atoms with E-state index in [2.05, 4.69) is 32.5 Å². The minimum absolute atomic E-state index is 0.200. The molecule has 0 unspecified atom stereocenters. The molecule has 1 aromatic heterocycles. The third kappa shape index (κ3) is 10.3. The molecule has 1 amide bonds. The molecule has 0 bridgehead atoms. The van der Waals surface area contributed by atoms with Crippen LogP contribution in [0.15, 0.2) is 113 Å². The predicted octanol–water partition coefficient (Wildman–Crippen LogP) is 7.21. The quantitative estimate of drug-likeness (QED) is 0.0824. The zero-order valence-corrected chi connectivity index (χ0v) is 32.4. The molecule has 0 spiro atoms. The van der Waals surface area contributed by atoms with Crippen molar-refractivity contribution in [3.8, 4) is 22.6 Å². The molecule has 1 fully saturated rings. The van der Waals surface area contributed by atoms with Crippen molar-refractivity contribution in [2.75, 3.05) is 62.4 Å². The number of hydrogen-bond acceptors (Lipinski definition) is 11. The van der Waals surface area contributed by atoms with Crippen LogP contribution in [-0.2, 0) is 22.7 Å². The highest BCUT2D eigenvalue weighted by Gasteiger charge is 2.35. The van der Waals surface area contributed by atoms with Crippen LogP contribution in [0.3, 0.4) is 0 Å². The zero-order chi connectivity index (χ0) is 39.7. The number of aromatic nitrogens is 2. The Bertz CT molecular complexity index is 2220. The first-order valence-electron chi connectivity index (χ1n) is 17.8. The number of hydrogen-bond donors (Lipinski definition) is 2. The molecule has 0 radical (unpaired) electrons. The van der Waals surface area contributed by atoms with Crippen molar-refractivity contribution < 1.29 is 35.9 Å². The Hall–Kier alpha value is -5.32. The molecule has 0 aliphatic carbocycles. The number of amides is 1. The van der Waals surface area contributed by atoms with E-state index >= 15 is 0 Å². The molecular weight excluding hydrogens is 766 g/mol. The van der Waals surface area contributed by atoms with Crippen LogP contribution in [0.1, 0.15) is 28.5 Å². The summed E-state index contributed by atoms with van der Waals surface area (Å²) >= 11 is 1.47. The van der Waals surface area contributed by atoms with Crippen LogP contribution in [0, 0.1) is 0 Å². The van der Waals surface area contributed by atoms with Crippen molar-refractivity contribution in [3.63, 3.8) is 0 Å². The first-order chi connectivity index (χ1) is 26.9. The molecular formula is C40H41F3N6O5S2. The van der Waals surface area contributed by atoms with Crippen molar-refractivity contribution in [2.45, 2.75) is 29.4 Å². The Labute approximate surface area is 328 Å². The van der Waals surface area contributed by atoms with Crippen LogP contribution in [0.5, 0.6) is 11.5 Å². The Morgan fingerprint density at radius 1 is 0.875 bits per heavy atom. The van der Waals surface area contributed by atoms with E-state index in [-0.39, 0.29) is 17.9 Å². The minimum Gasteiger partial charge on any atom is -0.496 e. The lowest BCUT2D eigenvalue weighted by atomic mass is 10.0. The van der Waals surface area contributed by atoms with Crippen LogP contribution < -0.4 is 24.4 Å². The number of nitrogens with zero attached hydrogens (tertiary/aromatic N) is 4.